The highest BCUT2D eigenvalue weighted by Gasteiger charge is 2.15. The summed E-state index contributed by atoms with van der Waals surface area (Å²) in [6.07, 6.45) is 0. The molecule has 1 N–H and O–H groups in total. The Labute approximate surface area is 159 Å². The largest absolute Gasteiger partial charge is 0.495 e. The van der Waals surface area contributed by atoms with E-state index in [1.54, 1.807) is 30.1 Å². The van der Waals surface area contributed by atoms with E-state index in [1.807, 2.05) is 17.5 Å². The molecule has 3 rings (SSSR count). The van der Waals surface area contributed by atoms with Crippen molar-refractivity contribution < 1.29 is 14.1 Å². The van der Waals surface area contributed by atoms with Crippen LogP contribution in [0.15, 0.2) is 40.2 Å². The summed E-state index contributed by atoms with van der Waals surface area (Å²) in [4.78, 5) is 19.3. The first-order valence-electron chi connectivity index (χ1n) is 7.73. The van der Waals surface area contributed by atoms with E-state index in [4.69, 9.17) is 20.9 Å². The van der Waals surface area contributed by atoms with Crippen LogP contribution in [0.5, 0.6) is 5.75 Å². The van der Waals surface area contributed by atoms with Gasteiger partial charge >= 0.3 is 0 Å². The minimum absolute atomic E-state index is 0.145. The number of nitrogens with zero attached hydrogens (tertiary/aromatic N) is 3. The first-order valence-corrected chi connectivity index (χ1v) is 8.99. The Balaban J connectivity index is 1.57. The third kappa shape index (κ3) is 4.60. The predicted molar refractivity (Wildman–Crippen MR) is 101 cm³/mol. The van der Waals surface area contributed by atoms with Crippen LogP contribution < -0.4 is 10.1 Å². The smallest absolute Gasteiger partial charge is 0.241 e. The molecule has 0 radical (unpaired) electrons. The minimum atomic E-state index is -0.203. The molecule has 0 saturated heterocycles. The van der Waals surface area contributed by atoms with Gasteiger partial charge in [-0.1, -0.05) is 22.8 Å². The number of carbonyl (C=O) groups excluding carboxylic acids is 1. The Morgan fingerprint density at radius 1 is 1.42 bits per heavy atom. The second kappa shape index (κ2) is 8.31. The number of nitrogens with one attached hydrogen (secondary N) is 1. The van der Waals surface area contributed by atoms with Gasteiger partial charge < -0.3 is 14.6 Å². The molecule has 0 aliphatic carbocycles. The summed E-state index contributed by atoms with van der Waals surface area (Å²) < 4.78 is 10.5. The van der Waals surface area contributed by atoms with Crippen LogP contribution >= 0.6 is 22.9 Å². The van der Waals surface area contributed by atoms with Crippen molar-refractivity contribution in [3.8, 4) is 16.5 Å². The van der Waals surface area contributed by atoms with Crippen LogP contribution in [0.4, 0.5) is 5.69 Å². The lowest BCUT2D eigenvalue weighted by molar-refractivity contribution is -0.117. The molecule has 3 aromatic rings. The molecule has 1 aromatic carbocycles. The second-order valence-corrected chi connectivity index (χ2v) is 6.94. The number of anilines is 1. The summed E-state index contributed by atoms with van der Waals surface area (Å²) in [6.45, 7) is 0.505. The molecule has 26 heavy (non-hydrogen) atoms. The number of benzene rings is 1. The molecule has 0 aliphatic heterocycles. The molecule has 1 amide bonds. The van der Waals surface area contributed by atoms with Crippen LogP contribution in [0.1, 0.15) is 5.89 Å². The highest BCUT2D eigenvalue weighted by molar-refractivity contribution is 7.13. The molecular weight excluding hydrogens is 376 g/mol. The van der Waals surface area contributed by atoms with Gasteiger partial charge in [-0.25, -0.2) is 0 Å². The van der Waals surface area contributed by atoms with Crippen LogP contribution in [0, 0.1) is 0 Å². The van der Waals surface area contributed by atoms with Crippen molar-refractivity contribution >= 4 is 34.5 Å². The van der Waals surface area contributed by atoms with Crippen molar-refractivity contribution in [3.05, 3.63) is 46.6 Å². The molecule has 0 spiro atoms. The maximum atomic E-state index is 12.3. The summed E-state index contributed by atoms with van der Waals surface area (Å²) in [6, 6.07) is 8.89. The van der Waals surface area contributed by atoms with Crippen molar-refractivity contribution in [2.45, 2.75) is 6.54 Å². The Kier molecular flexibility index (Phi) is 5.87. The van der Waals surface area contributed by atoms with E-state index in [1.165, 1.54) is 18.4 Å². The number of hydrogen-bond donors (Lipinski definition) is 1. The van der Waals surface area contributed by atoms with E-state index in [0.717, 1.165) is 4.88 Å². The van der Waals surface area contributed by atoms with Gasteiger partial charge in [0, 0.05) is 5.02 Å². The van der Waals surface area contributed by atoms with Gasteiger partial charge in [-0.2, -0.15) is 4.98 Å². The van der Waals surface area contributed by atoms with Crippen molar-refractivity contribution in [1.82, 2.24) is 15.0 Å². The van der Waals surface area contributed by atoms with E-state index in [2.05, 4.69) is 15.5 Å². The molecule has 0 fully saturated rings. The van der Waals surface area contributed by atoms with Gasteiger partial charge in [-0.15, -0.1) is 11.3 Å². The number of methoxy groups -OCH3 is 1. The second-order valence-electron chi connectivity index (χ2n) is 5.55. The zero-order valence-electron chi connectivity index (χ0n) is 14.2. The van der Waals surface area contributed by atoms with Gasteiger partial charge in [-0.3, -0.25) is 9.69 Å². The van der Waals surface area contributed by atoms with E-state index >= 15 is 0 Å². The third-order valence-corrected chi connectivity index (χ3v) is 4.56. The Bertz CT molecular complexity index is 882. The van der Waals surface area contributed by atoms with Gasteiger partial charge in [0.15, 0.2) is 0 Å². The van der Waals surface area contributed by atoms with Gasteiger partial charge in [0.1, 0.15) is 5.75 Å². The van der Waals surface area contributed by atoms with Crippen molar-refractivity contribution in [2.75, 3.05) is 26.0 Å². The number of amides is 1. The number of aromatic nitrogens is 2. The van der Waals surface area contributed by atoms with E-state index in [-0.39, 0.29) is 12.5 Å². The number of thiophene rings is 1. The predicted octanol–water partition coefficient (Wildman–Crippen LogP) is 3.53. The molecule has 0 aliphatic rings. The lowest BCUT2D eigenvalue weighted by atomic mass is 10.3. The summed E-state index contributed by atoms with van der Waals surface area (Å²) >= 11 is 7.51. The van der Waals surface area contributed by atoms with Crippen molar-refractivity contribution in [3.63, 3.8) is 0 Å². The van der Waals surface area contributed by atoms with Gasteiger partial charge in [0.25, 0.3) is 0 Å². The molecule has 0 saturated carbocycles. The number of hydrogen-bond acceptors (Lipinski definition) is 7. The van der Waals surface area contributed by atoms with Crippen molar-refractivity contribution in [2.24, 2.45) is 0 Å². The Morgan fingerprint density at radius 3 is 3.00 bits per heavy atom. The summed E-state index contributed by atoms with van der Waals surface area (Å²) in [7, 11) is 3.33. The topological polar surface area (TPSA) is 80.5 Å². The number of halogens is 1. The molecule has 2 heterocycles. The maximum absolute atomic E-state index is 12.3. The Hall–Kier alpha value is -2.42. The van der Waals surface area contributed by atoms with Gasteiger partial charge in [0.2, 0.25) is 17.6 Å². The van der Waals surface area contributed by atoms with E-state index in [9.17, 15) is 4.79 Å². The van der Waals surface area contributed by atoms with E-state index < -0.39 is 0 Å². The molecule has 2 aromatic heterocycles. The maximum Gasteiger partial charge on any atom is 0.241 e. The fraction of sp³-hybridized carbons (Fsp3) is 0.235. The molecule has 7 nitrogen and oxygen atoms in total. The molecule has 0 atom stereocenters. The molecule has 136 valence electrons. The van der Waals surface area contributed by atoms with Crippen LogP contribution in [0.25, 0.3) is 10.7 Å². The SMILES string of the molecule is COc1ccc(Cl)cc1NC(=O)CN(C)Cc1nc(-c2cccs2)no1. The number of carbonyl (C=O) groups is 1. The standard InChI is InChI=1S/C17H17ClN4O3S/c1-22(10-16-20-17(21-25-16)14-4-3-7-26-14)9-15(23)19-12-8-11(18)5-6-13(12)24-2/h3-8H,9-10H2,1-2H3,(H,19,23). The fourth-order valence-corrected chi connectivity index (χ4v) is 3.15. The summed E-state index contributed by atoms with van der Waals surface area (Å²) in [5.41, 5.74) is 0.524. The summed E-state index contributed by atoms with van der Waals surface area (Å²) in [5, 5.41) is 9.21. The first-order chi connectivity index (χ1) is 12.5. The number of likely N-dealkylation sites (N-methyl/N-ethyl adjacent to an activating group) is 1. The minimum Gasteiger partial charge on any atom is -0.495 e. The zero-order valence-corrected chi connectivity index (χ0v) is 15.8. The first kappa shape index (κ1) is 18.4. The lowest BCUT2D eigenvalue weighted by Gasteiger charge is -2.15. The van der Waals surface area contributed by atoms with Crippen LogP contribution in [0.3, 0.4) is 0 Å². The van der Waals surface area contributed by atoms with E-state index in [0.29, 0.717) is 34.7 Å². The molecule has 0 bridgehead atoms. The normalized spacial score (nSPS) is 10.9. The molecular formula is C17H17ClN4O3S. The average molecular weight is 393 g/mol. The number of rotatable bonds is 7. The van der Waals surface area contributed by atoms with Crippen LogP contribution in [-0.2, 0) is 11.3 Å². The van der Waals surface area contributed by atoms with Gasteiger partial charge in [-0.05, 0) is 36.7 Å². The van der Waals surface area contributed by atoms with Gasteiger partial charge in [0.05, 0.1) is 30.8 Å². The zero-order chi connectivity index (χ0) is 18.5. The highest BCUT2D eigenvalue weighted by atomic mass is 35.5. The fourth-order valence-electron chi connectivity index (χ4n) is 2.32. The lowest BCUT2D eigenvalue weighted by Crippen LogP contribution is -2.30. The highest BCUT2D eigenvalue weighted by Crippen LogP contribution is 2.27. The third-order valence-electron chi connectivity index (χ3n) is 3.46. The van der Waals surface area contributed by atoms with Crippen molar-refractivity contribution in [1.29, 1.82) is 0 Å². The van der Waals surface area contributed by atoms with Crippen LogP contribution in [-0.4, -0.2) is 41.6 Å². The number of ether oxygens (including phenoxy) is 1. The monoisotopic (exact) mass is 392 g/mol. The average Bonchev–Trinajstić information content (AvgIpc) is 3.26. The molecule has 0 unspecified atom stereocenters. The summed E-state index contributed by atoms with van der Waals surface area (Å²) in [5.74, 6) is 1.34. The Morgan fingerprint density at radius 2 is 2.27 bits per heavy atom. The quantitative estimate of drug-likeness (QED) is 0.662. The molecule has 9 heteroatoms. The van der Waals surface area contributed by atoms with Crippen LogP contribution in [0.2, 0.25) is 5.02 Å².